The maximum Gasteiger partial charge on any atom is 0.277 e. The Morgan fingerprint density at radius 2 is 2.03 bits per heavy atom. The number of para-hydroxylation sites is 1. The van der Waals surface area contributed by atoms with E-state index in [9.17, 15) is 4.79 Å². The number of carbonyl (C=O) groups excluding carboxylic acids is 1. The van der Waals surface area contributed by atoms with Gasteiger partial charge in [0.2, 0.25) is 11.8 Å². The first-order chi connectivity index (χ1) is 15.7. The molecule has 8 nitrogen and oxygen atoms in total. The van der Waals surface area contributed by atoms with Crippen LogP contribution in [0.2, 0.25) is 0 Å². The topological polar surface area (TPSA) is 107 Å². The second-order valence-electron chi connectivity index (χ2n) is 6.65. The van der Waals surface area contributed by atoms with Crippen molar-refractivity contribution < 1.29 is 9.21 Å². The first-order valence-corrected chi connectivity index (χ1v) is 12.4. The minimum atomic E-state index is -0.184. The molecule has 0 aliphatic heterocycles. The Bertz CT molecular complexity index is 1310. The van der Waals surface area contributed by atoms with Crippen LogP contribution in [0.1, 0.15) is 10.9 Å². The molecule has 5 aromatic rings. The Morgan fingerprint density at radius 3 is 2.91 bits per heavy atom. The number of thiazole rings is 2. The van der Waals surface area contributed by atoms with Crippen molar-refractivity contribution in [2.75, 3.05) is 11.1 Å². The average Bonchev–Trinajstić information content (AvgIpc) is 3.56. The number of aryl methyl sites for hydroxylation is 2. The molecule has 0 bridgehead atoms. The van der Waals surface area contributed by atoms with Crippen molar-refractivity contribution in [2.24, 2.45) is 0 Å². The summed E-state index contributed by atoms with van der Waals surface area (Å²) >= 11 is 4.24. The number of anilines is 1. The molecular formula is C21H16N6O2S3. The third-order valence-corrected chi connectivity index (χ3v) is 7.05. The van der Waals surface area contributed by atoms with E-state index in [0.717, 1.165) is 28.2 Å². The Balaban J connectivity index is 1.11. The lowest BCUT2D eigenvalue weighted by atomic mass is 10.2. The highest BCUT2D eigenvalue weighted by atomic mass is 32.2. The third kappa shape index (κ3) is 5.01. The number of carbonyl (C=O) groups is 1. The predicted octanol–water partition coefficient (Wildman–Crippen LogP) is 4.71. The summed E-state index contributed by atoms with van der Waals surface area (Å²) < 4.78 is 6.83. The van der Waals surface area contributed by atoms with Gasteiger partial charge in [-0.2, -0.15) is 0 Å². The van der Waals surface area contributed by atoms with Crippen LogP contribution in [0.15, 0.2) is 63.8 Å². The van der Waals surface area contributed by atoms with Crippen molar-refractivity contribution in [2.45, 2.75) is 18.1 Å². The van der Waals surface area contributed by atoms with E-state index in [1.54, 1.807) is 23.7 Å². The fourth-order valence-corrected chi connectivity index (χ4v) is 5.18. The molecule has 1 amide bonds. The fourth-order valence-electron chi connectivity index (χ4n) is 2.90. The molecule has 11 heteroatoms. The Kier molecular flexibility index (Phi) is 6.19. The van der Waals surface area contributed by atoms with Gasteiger partial charge in [0.15, 0.2) is 5.13 Å². The SMILES string of the molecule is O=C(CSc1nnc(CCc2nc3ccccc3s2)o1)Nc1nc(-c2cccnc2)cs1. The highest BCUT2D eigenvalue weighted by molar-refractivity contribution is 7.99. The summed E-state index contributed by atoms with van der Waals surface area (Å²) in [6.45, 7) is 0. The monoisotopic (exact) mass is 480 g/mol. The predicted molar refractivity (Wildman–Crippen MR) is 126 cm³/mol. The molecule has 0 aliphatic carbocycles. The van der Waals surface area contributed by atoms with Crippen molar-refractivity contribution in [3.63, 3.8) is 0 Å². The number of hydrogen-bond donors (Lipinski definition) is 1. The van der Waals surface area contributed by atoms with Crippen LogP contribution >= 0.6 is 34.4 Å². The Morgan fingerprint density at radius 1 is 1.09 bits per heavy atom. The first-order valence-electron chi connectivity index (χ1n) is 9.68. The molecule has 0 saturated heterocycles. The van der Waals surface area contributed by atoms with Gasteiger partial charge in [-0.25, -0.2) is 9.97 Å². The first kappa shape index (κ1) is 20.7. The molecule has 0 radical (unpaired) electrons. The molecule has 4 aromatic heterocycles. The summed E-state index contributed by atoms with van der Waals surface area (Å²) in [5.74, 6) is 0.505. The lowest BCUT2D eigenvalue weighted by Gasteiger charge is -1.99. The summed E-state index contributed by atoms with van der Waals surface area (Å²) in [4.78, 5) is 25.4. The minimum Gasteiger partial charge on any atom is -0.416 e. The lowest BCUT2D eigenvalue weighted by Crippen LogP contribution is -2.13. The standard InChI is InChI=1S/C21H16N6O2S3/c28-17(25-20-24-15(11-30-20)13-4-3-9-22-10-13)12-31-21-27-26-18(29-21)7-8-19-23-14-5-1-2-6-16(14)32-19/h1-6,9-11H,7-8,12H2,(H,24,25,28). The van der Waals surface area contributed by atoms with Crippen LogP contribution in [0.25, 0.3) is 21.5 Å². The summed E-state index contributed by atoms with van der Waals surface area (Å²) in [7, 11) is 0. The number of amides is 1. The highest BCUT2D eigenvalue weighted by Crippen LogP contribution is 2.25. The van der Waals surface area contributed by atoms with E-state index >= 15 is 0 Å². The van der Waals surface area contributed by atoms with E-state index in [1.807, 2.05) is 35.7 Å². The molecule has 1 aromatic carbocycles. The fraction of sp³-hybridized carbons (Fsp3) is 0.143. The van der Waals surface area contributed by atoms with Crippen LogP contribution < -0.4 is 5.32 Å². The second kappa shape index (κ2) is 9.55. The van der Waals surface area contributed by atoms with Gasteiger partial charge in [-0.15, -0.1) is 32.9 Å². The van der Waals surface area contributed by atoms with E-state index < -0.39 is 0 Å². The summed E-state index contributed by atoms with van der Waals surface area (Å²) in [5.41, 5.74) is 2.69. The van der Waals surface area contributed by atoms with Gasteiger partial charge >= 0.3 is 0 Å². The summed E-state index contributed by atoms with van der Waals surface area (Å²) in [6, 6.07) is 11.8. The van der Waals surface area contributed by atoms with Crippen molar-refractivity contribution >= 4 is 55.7 Å². The molecule has 4 heterocycles. The van der Waals surface area contributed by atoms with Crippen LogP contribution in [0.5, 0.6) is 0 Å². The molecule has 0 atom stereocenters. The zero-order valence-corrected chi connectivity index (χ0v) is 19.0. The van der Waals surface area contributed by atoms with Gasteiger partial charge in [-0.1, -0.05) is 23.9 Å². The molecule has 160 valence electrons. The molecule has 0 aliphatic rings. The Labute approximate surface area is 195 Å². The molecule has 32 heavy (non-hydrogen) atoms. The second-order valence-corrected chi connectivity index (χ2v) is 9.55. The van der Waals surface area contributed by atoms with Crippen molar-refractivity contribution in [1.29, 1.82) is 0 Å². The molecular weight excluding hydrogens is 464 g/mol. The van der Waals surface area contributed by atoms with Gasteiger partial charge in [0.05, 0.1) is 26.7 Å². The highest BCUT2D eigenvalue weighted by Gasteiger charge is 2.13. The number of fused-ring (bicyclic) bond motifs is 1. The molecule has 0 spiro atoms. The number of hydrogen-bond acceptors (Lipinski definition) is 10. The van der Waals surface area contributed by atoms with E-state index in [0.29, 0.717) is 22.7 Å². The molecule has 5 rings (SSSR count). The van der Waals surface area contributed by atoms with Gasteiger partial charge in [-0.3, -0.25) is 9.78 Å². The number of nitrogens with one attached hydrogen (secondary N) is 1. The number of pyridine rings is 1. The Hall–Kier alpha value is -3.15. The molecule has 0 saturated carbocycles. The van der Waals surface area contributed by atoms with Gasteiger partial charge in [-0.05, 0) is 24.3 Å². The quantitative estimate of drug-likeness (QED) is 0.318. The van der Waals surface area contributed by atoms with Crippen LogP contribution in [0.3, 0.4) is 0 Å². The van der Waals surface area contributed by atoms with Crippen LogP contribution in [-0.4, -0.2) is 36.8 Å². The smallest absolute Gasteiger partial charge is 0.277 e. The van der Waals surface area contributed by atoms with Crippen LogP contribution in [0, 0.1) is 0 Å². The summed E-state index contributed by atoms with van der Waals surface area (Å²) in [5, 5.41) is 14.7. The number of nitrogens with zero attached hydrogens (tertiary/aromatic N) is 5. The maximum atomic E-state index is 12.3. The van der Waals surface area contributed by atoms with Crippen LogP contribution in [0.4, 0.5) is 5.13 Å². The number of rotatable bonds is 8. The molecule has 1 N–H and O–H groups in total. The van der Waals surface area contributed by atoms with Gasteiger partial charge in [0.1, 0.15) is 0 Å². The van der Waals surface area contributed by atoms with Crippen molar-refractivity contribution in [1.82, 2.24) is 25.1 Å². The largest absolute Gasteiger partial charge is 0.416 e. The maximum absolute atomic E-state index is 12.3. The van der Waals surface area contributed by atoms with Gasteiger partial charge in [0, 0.05) is 36.2 Å². The average molecular weight is 481 g/mol. The minimum absolute atomic E-state index is 0.154. The number of benzene rings is 1. The zero-order valence-electron chi connectivity index (χ0n) is 16.6. The molecule has 0 fully saturated rings. The van der Waals surface area contributed by atoms with Gasteiger partial charge in [0.25, 0.3) is 5.22 Å². The van der Waals surface area contributed by atoms with E-state index in [-0.39, 0.29) is 11.7 Å². The lowest BCUT2D eigenvalue weighted by molar-refractivity contribution is -0.113. The van der Waals surface area contributed by atoms with Gasteiger partial charge < -0.3 is 9.73 Å². The van der Waals surface area contributed by atoms with E-state index in [1.165, 1.54) is 27.8 Å². The van der Waals surface area contributed by atoms with E-state index in [2.05, 4.69) is 36.5 Å². The normalized spacial score (nSPS) is 11.1. The third-order valence-electron chi connectivity index (χ3n) is 4.37. The van der Waals surface area contributed by atoms with E-state index in [4.69, 9.17) is 4.42 Å². The summed E-state index contributed by atoms with van der Waals surface area (Å²) in [6.07, 6.45) is 4.78. The van der Waals surface area contributed by atoms with Crippen molar-refractivity contribution in [3.8, 4) is 11.3 Å². The molecule has 0 unspecified atom stereocenters. The van der Waals surface area contributed by atoms with Crippen LogP contribution in [-0.2, 0) is 17.6 Å². The number of thioether (sulfide) groups is 1. The van der Waals surface area contributed by atoms with Crippen molar-refractivity contribution in [3.05, 3.63) is 65.1 Å². The zero-order chi connectivity index (χ0) is 21.8. The number of aromatic nitrogens is 5.